The number of nitrogens with two attached hydrogens (primary N) is 1. The number of amides is 1. The van der Waals surface area contributed by atoms with E-state index in [4.69, 9.17) is 5.73 Å². The lowest BCUT2D eigenvalue weighted by Crippen LogP contribution is -2.13. The molecule has 0 aliphatic carbocycles. The van der Waals surface area contributed by atoms with Gasteiger partial charge in [-0.2, -0.15) is 24.5 Å². The Bertz CT molecular complexity index is 1270. The van der Waals surface area contributed by atoms with Gasteiger partial charge in [0.15, 0.2) is 0 Å². The summed E-state index contributed by atoms with van der Waals surface area (Å²) < 4.78 is 40.9. The molecule has 0 spiro atoms. The van der Waals surface area contributed by atoms with E-state index < -0.39 is 11.7 Å². The molecule has 0 atom stereocenters. The van der Waals surface area contributed by atoms with Crippen LogP contribution in [0.3, 0.4) is 0 Å². The number of alkyl halides is 3. The molecule has 0 fully saturated rings. The van der Waals surface area contributed by atoms with Gasteiger partial charge >= 0.3 is 6.18 Å². The molecule has 176 valence electrons. The number of aromatic nitrogens is 3. The Morgan fingerprint density at radius 2 is 1.91 bits per heavy atom. The minimum absolute atomic E-state index is 0.164. The van der Waals surface area contributed by atoms with Crippen LogP contribution in [0.25, 0.3) is 11.1 Å². The number of nitrogen functional groups attached to an aromatic ring is 1. The summed E-state index contributed by atoms with van der Waals surface area (Å²) in [4.78, 5) is 12.5. The van der Waals surface area contributed by atoms with Gasteiger partial charge in [0.25, 0.3) is 0 Å². The van der Waals surface area contributed by atoms with Crippen LogP contribution < -0.4 is 11.1 Å². The molecule has 4 aromatic rings. The molecule has 0 saturated heterocycles. The highest BCUT2D eigenvalue weighted by molar-refractivity contribution is 7.08. The highest BCUT2D eigenvalue weighted by Crippen LogP contribution is 2.32. The summed E-state index contributed by atoms with van der Waals surface area (Å²) in [5, 5.41) is 14.8. The van der Waals surface area contributed by atoms with Gasteiger partial charge < -0.3 is 11.1 Å². The van der Waals surface area contributed by atoms with Gasteiger partial charge in [0, 0.05) is 25.6 Å². The Balaban J connectivity index is 1.32. The smallest absolute Gasteiger partial charge is 0.397 e. The lowest BCUT2D eigenvalue weighted by molar-refractivity contribution is -0.138. The number of rotatable bonds is 8. The topological polar surface area (TPSA) is 85.8 Å². The molecule has 6 nitrogen and oxygen atoms in total. The van der Waals surface area contributed by atoms with Crippen LogP contribution >= 0.6 is 11.3 Å². The fourth-order valence-electron chi connectivity index (χ4n) is 3.54. The molecule has 0 saturated carbocycles. The first kappa shape index (κ1) is 23.5. The van der Waals surface area contributed by atoms with E-state index in [0.717, 1.165) is 17.2 Å². The number of carbonyl (C=O) groups is 1. The van der Waals surface area contributed by atoms with Gasteiger partial charge in [-0.15, -0.1) is 5.10 Å². The molecule has 0 aliphatic heterocycles. The maximum Gasteiger partial charge on any atom is 0.416 e. The van der Waals surface area contributed by atoms with Crippen LogP contribution in [0.15, 0.2) is 65.5 Å². The average molecular weight is 486 g/mol. The summed E-state index contributed by atoms with van der Waals surface area (Å²) >= 11 is 1.59. The Kier molecular flexibility index (Phi) is 6.97. The normalized spacial score (nSPS) is 11.5. The second-order valence-electron chi connectivity index (χ2n) is 7.74. The number of halogens is 3. The van der Waals surface area contributed by atoms with Crippen LogP contribution in [0, 0.1) is 0 Å². The minimum Gasteiger partial charge on any atom is -0.397 e. The number of nitrogens with one attached hydrogen (secondary N) is 1. The van der Waals surface area contributed by atoms with Crippen LogP contribution in [0.1, 0.15) is 23.2 Å². The van der Waals surface area contributed by atoms with E-state index in [2.05, 4.69) is 15.6 Å². The summed E-state index contributed by atoms with van der Waals surface area (Å²) in [6.07, 6.45) is -2.08. The molecule has 4 rings (SSSR count). The minimum atomic E-state index is -4.40. The van der Waals surface area contributed by atoms with Crippen molar-refractivity contribution < 1.29 is 18.0 Å². The number of thiophene rings is 1. The van der Waals surface area contributed by atoms with Crippen LogP contribution in [0.4, 0.5) is 24.5 Å². The third-order valence-electron chi connectivity index (χ3n) is 5.31. The second kappa shape index (κ2) is 10.1. The Morgan fingerprint density at radius 1 is 1.09 bits per heavy atom. The lowest BCUT2D eigenvalue weighted by atomic mass is 10.0. The Morgan fingerprint density at radius 3 is 2.68 bits per heavy atom. The zero-order valence-electron chi connectivity index (χ0n) is 18.0. The predicted octanol–water partition coefficient (Wildman–Crippen LogP) is 5.42. The standard InChI is InChI=1S/C24H22F3N5OS/c25-24(26,27)20-4-2-1-3-16(20)9-11-32-14-19(30-31-32)6-8-23(33)29-22-13-17(5-7-21(22)28)18-10-12-34-15-18/h1-5,7,10,12-15H,6,8-9,11,28H2,(H,29,33). The fraction of sp³-hybridized carbons (Fsp3) is 0.208. The van der Waals surface area contributed by atoms with Crippen LogP contribution in [-0.4, -0.2) is 20.9 Å². The van der Waals surface area contributed by atoms with E-state index in [1.54, 1.807) is 29.7 Å². The van der Waals surface area contributed by atoms with Crippen molar-refractivity contribution in [2.45, 2.75) is 32.0 Å². The highest BCUT2D eigenvalue weighted by Gasteiger charge is 2.32. The first-order chi connectivity index (χ1) is 16.3. The lowest BCUT2D eigenvalue weighted by Gasteiger charge is -2.12. The zero-order valence-corrected chi connectivity index (χ0v) is 18.9. The van der Waals surface area contributed by atoms with E-state index in [-0.39, 0.29) is 30.9 Å². The zero-order chi connectivity index (χ0) is 24.1. The van der Waals surface area contributed by atoms with Gasteiger partial charge in [0.1, 0.15) is 0 Å². The molecule has 1 amide bonds. The van der Waals surface area contributed by atoms with E-state index in [9.17, 15) is 18.0 Å². The third kappa shape index (κ3) is 5.82. The van der Waals surface area contributed by atoms with Crippen molar-refractivity contribution in [2.75, 3.05) is 11.1 Å². The van der Waals surface area contributed by atoms with Gasteiger partial charge in [-0.1, -0.05) is 29.5 Å². The molecule has 0 bridgehead atoms. The molecule has 2 aromatic heterocycles. The maximum atomic E-state index is 13.1. The van der Waals surface area contributed by atoms with Gasteiger partial charge in [-0.05, 0) is 58.1 Å². The number of benzene rings is 2. The molecule has 0 unspecified atom stereocenters. The first-order valence-corrected chi connectivity index (χ1v) is 11.5. The highest BCUT2D eigenvalue weighted by atomic mass is 32.1. The van der Waals surface area contributed by atoms with Crippen molar-refractivity contribution in [3.63, 3.8) is 0 Å². The Labute approximate surface area is 198 Å². The van der Waals surface area contributed by atoms with Gasteiger partial charge in [0.05, 0.1) is 22.6 Å². The molecule has 10 heteroatoms. The number of hydrogen-bond acceptors (Lipinski definition) is 5. The molecular weight excluding hydrogens is 463 g/mol. The number of aryl methyl sites for hydroxylation is 3. The van der Waals surface area contributed by atoms with E-state index in [0.29, 0.717) is 23.5 Å². The number of hydrogen-bond donors (Lipinski definition) is 2. The summed E-state index contributed by atoms with van der Waals surface area (Å²) in [5.74, 6) is -0.220. The molecule has 2 heterocycles. The number of carbonyl (C=O) groups excluding carboxylic acids is 1. The fourth-order valence-corrected chi connectivity index (χ4v) is 4.20. The van der Waals surface area contributed by atoms with Crippen molar-refractivity contribution in [3.05, 3.63) is 82.3 Å². The van der Waals surface area contributed by atoms with Crippen molar-refractivity contribution in [1.29, 1.82) is 0 Å². The van der Waals surface area contributed by atoms with Crippen molar-refractivity contribution in [1.82, 2.24) is 15.0 Å². The van der Waals surface area contributed by atoms with Crippen LogP contribution in [0.5, 0.6) is 0 Å². The van der Waals surface area contributed by atoms with E-state index in [1.807, 2.05) is 29.0 Å². The molecule has 0 radical (unpaired) electrons. The summed E-state index contributed by atoms with van der Waals surface area (Å²) in [6.45, 7) is 0.248. The van der Waals surface area contributed by atoms with Gasteiger partial charge in [0.2, 0.25) is 5.91 Å². The monoisotopic (exact) mass is 485 g/mol. The SMILES string of the molecule is Nc1ccc(-c2ccsc2)cc1NC(=O)CCc1cn(CCc2ccccc2C(F)(F)F)nn1. The van der Waals surface area contributed by atoms with Crippen molar-refractivity contribution >= 4 is 28.6 Å². The van der Waals surface area contributed by atoms with Crippen molar-refractivity contribution in [2.24, 2.45) is 0 Å². The third-order valence-corrected chi connectivity index (χ3v) is 5.99. The molecule has 34 heavy (non-hydrogen) atoms. The molecular formula is C24H22F3N5OS. The average Bonchev–Trinajstić information content (AvgIpc) is 3.50. The molecule has 0 aliphatic rings. The van der Waals surface area contributed by atoms with Crippen molar-refractivity contribution in [3.8, 4) is 11.1 Å². The van der Waals surface area contributed by atoms with Crippen LogP contribution in [-0.2, 0) is 30.4 Å². The van der Waals surface area contributed by atoms with Gasteiger partial charge in [-0.3, -0.25) is 9.48 Å². The van der Waals surface area contributed by atoms with E-state index >= 15 is 0 Å². The predicted molar refractivity (Wildman–Crippen MR) is 126 cm³/mol. The second-order valence-corrected chi connectivity index (χ2v) is 8.52. The first-order valence-electron chi connectivity index (χ1n) is 10.6. The largest absolute Gasteiger partial charge is 0.416 e. The molecule has 2 aromatic carbocycles. The summed E-state index contributed by atoms with van der Waals surface area (Å²) in [5.41, 5.74) is 9.18. The van der Waals surface area contributed by atoms with Gasteiger partial charge in [-0.25, -0.2) is 0 Å². The van der Waals surface area contributed by atoms with E-state index in [1.165, 1.54) is 16.8 Å². The Hall–Kier alpha value is -3.66. The van der Waals surface area contributed by atoms with Crippen LogP contribution in [0.2, 0.25) is 0 Å². The quantitative estimate of drug-likeness (QED) is 0.326. The summed E-state index contributed by atoms with van der Waals surface area (Å²) in [6, 6.07) is 13.0. The molecule has 3 N–H and O–H groups in total. The maximum absolute atomic E-state index is 13.1. The number of nitrogens with zero attached hydrogens (tertiary/aromatic N) is 3. The summed E-state index contributed by atoms with van der Waals surface area (Å²) in [7, 11) is 0. The number of anilines is 2.